The molecular formula is C15H25N3O3S. The van der Waals surface area contributed by atoms with Crippen molar-refractivity contribution in [1.82, 2.24) is 15.5 Å². The van der Waals surface area contributed by atoms with Crippen molar-refractivity contribution in [3.63, 3.8) is 0 Å². The number of carbonyl (C=O) groups is 2. The number of ether oxygens (including phenoxy) is 1. The summed E-state index contributed by atoms with van der Waals surface area (Å²) in [6, 6.07) is -0.372. The summed E-state index contributed by atoms with van der Waals surface area (Å²) in [4.78, 5) is 26.0. The van der Waals surface area contributed by atoms with Gasteiger partial charge in [0.15, 0.2) is 0 Å². The Bertz CT molecular complexity index is 420. The van der Waals surface area contributed by atoms with Crippen molar-refractivity contribution < 1.29 is 14.3 Å². The molecule has 2 aliphatic heterocycles. The van der Waals surface area contributed by atoms with E-state index in [0.29, 0.717) is 12.3 Å². The molecule has 3 rings (SSSR count). The zero-order chi connectivity index (χ0) is 15.4. The standard InChI is InChI=1S/C15H25N3O3S/c19-13(12-10-22-14(20)17-12)16-11-15(4-2-1-3-5-15)18-6-8-21-9-7-18/h12H,1-11H2,(H,16,19)(H,17,20). The summed E-state index contributed by atoms with van der Waals surface area (Å²) in [6.07, 6.45) is 6.01. The zero-order valence-corrected chi connectivity index (χ0v) is 13.8. The lowest BCUT2D eigenvalue weighted by atomic mass is 9.79. The summed E-state index contributed by atoms with van der Waals surface area (Å²) in [6.45, 7) is 4.15. The van der Waals surface area contributed by atoms with Crippen molar-refractivity contribution in [2.24, 2.45) is 0 Å². The molecule has 0 aromatic heterocycles. The van der Waals surface area contributed by atoms with Crippen LogP contribution in [0.15, 0.2) is 0 Å². The number of nitrogens with zero attached hydrogens (tertiary/aromatic N) is 1. The summed E-state index contributed by atoms with van der Waals surface area (Å²) >= 11 is 1.18. The van der Waals surface area contributed by atoms with Gasteiger partial charge in [-0.3, -0.25) is 14.5 Å². The molecule has 2 N–H and O–H groups in total. The van der Waals surface area contributed by atoms with E-state index < -0.39 is 0 Å². The largest absolute Gasteiger partial charge is 0.379 e. The first-order valence-electron chi connectivity index (χ1n) is 8.23. The van der Waals surface area contributed by atoms with Crippen LogP contribution in [0.2, 0.25) is 0 Å². The third-order valence-corrected chi connectivity index (χ3v) is 5.93. The SMILES string of the molecule is O=C1NC(C(=O)NCC2(N3CCOCC3)CCCCC2)CS1. The van der Waals surface area contributed by atoms with Crippen LogP contribution < -0.4 is 10.6 Å². The van der Waals surface area contributed by atoms with E-state index in [4.69, 9.17) is 4.74 Å². The summed E-state index contributed by atoms with van der Waals surface area (Å²) < 4.78 is 5.47. The van der Waals surface area contributed by atoms with Gasteiger partial charge >= 0.3 is 0 Å². The van der Waals surface area contributed by atoms with Gasteiger partial charge in [0.05, 0.1) is 13.2 Å². The van der Waals surface area contributed by atoms with Crippen molar-refractivity contribution in [2.75, 3.05) is 38.6 Å². The Kier molecular flexibility index (Phi) is 5.25. The van der Waals surface area contributed by atoms with Crippen LogP contribution in [-0.4, -0.2) is 66.2 Å². The number of amides is 2. The highest BCUT2D eigenvalue weighted by Crippen LogP contribution is 2.34. The van der Waals surface area contributed by atoms with Crippen LogP contribution in [0.4, 0.5) is 4.79 Å². The Labute approximate surface area is 135 Å². The molecule has 0 bridgehead atoms. The third-order valence-electron chi connectivity index (χ3n) is 5.05. The Hall–Kier alpha value is -0.790. The average Bonchev–Trinajstić information content (AvgIpc) is 3.01. The first-order valence-corrected chi connectivity index (χ1v) is 9.22. The van der Waals surface area contributed by atoms with Gasteiger partial charge in [-0.1, -0.05) is 31.0 Å². The van der Waals surface area contributed by atoms with E-state index in [0.717, 1.165) is 39.1 Å². The second-order valence-corrected chi connectivity index (χ2v) is 7.39. The molecule has 1 aliphatic carbocycles. The molecule has 2 amide bonds. The molecule has 3 fully saturated rings. The van der Waals surface area contributed by atoms with Gasteiger partial charge < -0.3 is 15.4 Å². The van der Waals surface area contributed by atoms with Crippen LogP contribution in [-0.2, 0) is 9.53 Å². The first kappa shape index (κ1) is 16.1. The van der Waals surface area contributed by atoms with Crippen LogP contribution in [0, 0.1) is 0 Å². The van der Waals surface area contributed by atoms with Gasteiger partial charge in [0.1, 0.15) is 6.04 Å². The predicted molar refractivity (Wildman–Crippen MR) is 86.0 cm³/mol. The van der Waals surface area contributed by atoms with Gasteiger partial charge in [0.2, 0.25) is 5.91 Å². The van der Waals surface area contributed by atoms with Gasteiger partial charge in [0.25, 0.3) is 5.24 Å². The van der Waals surface area contributed by atoms with Gasteiger partial charge in [-0.05, 0) is 12.8 Å². The number of rotatable bonds is 4. The van der Waals surface area contributed by atoms with Crippen LogP contribution in [0.1, 0.15) is 32.1 Å². The Morgan fingerprint density at radius 3 is 2.68 bits per heavy atom. The lowest BCUT2D eigenvalue weighted by Gasteiger charge is -2.48. The average molecular weight is 327 g/mol. The number of nitrogens with one attached hydrogen (secondary N) is 2. The van der Waals surface area contributed by atoms with Crippen molar-refractivity contribution in [3.05, 3.63) is 0 Å². The fourth-order valence-electron chi connectivity index (χ4n) is 3.75. The van der Waals surface area contributed by atoms with E-state index in [1.807, 2.05) is 0 Å². The van der Waals surface area contributed by atoms with Crippen molar-refractivity contribution in [3.8, 4) is 0 Å². The van der Waals surface area contributed by atoms with Crippen LogP contribution in [0.5, 0.6) is 0 Å². The second kappa shape index (κ2) is 7.19. The highest BCUT2D eigenvalue weighted by atomic mass is 32.2. The van der Waals surface area contributed by atoms with Crippen LogP contribution >= 0.6 is 11.8 Å². The van der Waals surface area contributed by atoms with E-state index in [2.05, 4.69) is 15.5 Å². The molecule has 6 nitrogen and oxygen atoms in total. The fourth-order valence-corrected chi connectivity index (χ4v) is 4.53. The molecule has 2 heterocycles. The summed E-state index contributed by atoms with van der Waals surface area (Å²) in [5.41, 5.74) is 0.0768. The Morgan fingerprint density at radius 2 is 2.05 bits per heavy atom. The number of thioether (sulfide) groups is 1. The number of hydrogen-bond donors (Lipinski definition) is 2. The molecule has 1 saturated carbocycles. The minimum absolute atomic E-state index is 0.0449. The van der Waals surface area contributed by atoms with E-state index in [-0.39, 0.29) is 22.7 Å². The van der Waals surface area contributed by atoms with E-state index in [1.54, 1.807) is 0 Å². The summed E-state index contributed by atoms with van der Waals surface area (Å²) in [5, 5.41) is 5.72. The smallest absolute Gasteiger partial charge is 0.279 e. The highest BCUT2D eigenvalue weighted by molar-refractivity contribution is 8.14. The maximum absolute atomic E-state index is 12.3. The summed E-state index contributed by atoms with van der Waals surface area (Å²) in [5.74, 6) is 0.492. The molecule has 0 spiro atoms. The van der Waals surface area contributed by atoms with E-state index in [9.17, 15) is 9.59 Å². The number of carbonyl (C=O) groups excluding carboxylic acids is 2. The van der Waals surface area contributed by atoms with E-state index in [1.165, 1.54) is 31.0 Å². The molecule has 1 unspecified atom stereocenters. The normalized spacial score (nSPS) is 29.1. The third kappa shape index (κ3) is 3.58. The maximum atomic E-state index is 12.3. The lowest BCUT2D eigenvalue weighted by Crippen LogP contribution is -2.60. The monoisotopic (exact) mass is 327 g/mol. The molecule has 0 aromatic carbocycles. The minimum atomic E-state index is -0.372. The quantitative estimate of drug-likeness (QED) is 0.805. The lowest BCUT2D eigenvalue weighted by molar-refractivity contribution is -0.123. The van der Waals surface area contributed by atoms with Gasteiger partial charge in [-0.25, -0.2) is 0 Å². The van der Waals surface area contributed by atoms with Crippen molar-refractivity contribution in [1.29, 1.82) is 0 Å². The molecule has 3 aliphatic rings. The topological polar surface area (TPSA) is 70.7 Å². The van der Waals surface area contributed by atoms with Crippen molar-refractivity contribution >= 4 is 22.9 Å². The first-order chi connectivity index (χ1) is 10.7. The van der Waals surface area contributed by atoms with Gasteiger partial charge in [0, 0.05) is 30.9 Å². The molecule has 0 aromatic rings. The number of hydrogen-bond acceptors (Lipinski definition) is 5. The van der Waals surface area contributed by atoms with Crippen LogP contribution in [0.25, 0.3) is 0 Å². The molecule has 2 saturated heterocycles. The van der Waals surface area contributed by atoms with Gasteiger partial charge in [-0.2, -0.15) is 0 Å². The number of morpholine rings is 1. The summed E-state index contributed by atoms with van der Waals surface area (Å²) in [7, 11) is 0. The molecular weight excluding hydrogens is 302 g/mol. The van der Waals surface area contributed by atoms with Crippen LogP contribution in [0.3, 0.4) is 0 Å². The molecule has 1 atom stereocenters. The predicted octanol–water partition coefficient (Wildman–Crippen LogP) is 0.963. The molecule has 22 heavy (non-hydrogen) atoms. The molecule has 124 valence electrons. The zero-order valence-electron chi connectivity index (χ0n) is 12.9. The van der Waals surface area contributed by atoms with Gasteiger partial charge in [-0.15, -0.1) is 0 Å². The molecule has 7 heteroatoms. The minimum Gasteiger partial charge on any atom is -0.379 e. The second-order valence-electron chi connectivity index (χ2n) is 6.40. The highest BCUT2D eigenvalue weighted by Gasteiger charge is 2.39. The molecule has 0 radical (unpaired) electrons. The Morgan fingerprint density at radius 1 is 1.32 bits per heavy atom. The van der Waals surface area contributed by atoms with Crippen molar-refractivity contribution in [2.45, 2.75) is 43.7 Å². The maximum Gasteiger partial charge on any atom is 0.279 e. The Balaban J connectivity index is 1.60. The van der Waals surface area contributed by atoms with E-state index >= 15 is 0 Å². The fraction of sp³-hybridized carbons (Fsp3) is 0.867.